The molecular formula is C17H20N4. The van der Waals surface area contributed by atoms with E-state index in [1.807, 2.05) is 24.0 Å². The third-order valence-electron chi connectivity index (χ3n) is 3.73. The summed E-state index contributed by atoms with van der Waals surface area (Å²) in [5.74, 6) is 0. The third-order valence-corrected chi connectivity index (χ3v) is 3.73. The van der Waals surface area contributed by atoms with E-state index in [0.717, 1.165) is 17.8 Å². The lowest BCUT2D eigenvalue weighted by atomic mass is 9.98. The topological polar surface area (TPSA) is 42.7 Å². The Balaban J connectivity index is 2.08. The van der Waals surface area contributed by atoms with E-state index in [0.29, 0.717) is 0 Å². The molecule has 21 heavy (non-hydrogen) atoms. The fourth-order valence-corrected chi connectivity index (χ4v) is 2.79. The molecular weight excluding hydrogens is 260 g/mol. The predicted molar refractivity (Wildman–Crippen MR) is 85.2 cm³/mol. The molecule has 4 nitrogen and oxygen atoms in total. The highest BCUT2D eigenvalue weighted by molar-refractivity contribution is 5.79. The van der Waals surface area contributed by atoms with E-state index < -0.39 is 0 Å². The van der Waals surface area contributed by atoms with Crippen molar-refractivity contribution in [2.75, 3.05) is 6.54 Å². The summed E-state index contributed by atoms with van der Waals surface area (Å²) in [6, 6.07) is 10.7. The molecule has 3 aromatic rings. The number of nitrogens with one attached hydrogen (secondary N) is 1. The van der Waals surface area contributed by atoms with Crippen LogP contribution in [0.25, 0.3) is 10.9 Å². The van der Waals surface area contributed by atoms with Gasteiger partial charge in [-0.25, -0.2) is 0 Å². The van der Waals surface area contributed by atoms with Gasteiger partial charge in [-0.1, -0.05) is 19.1 Å². The molecule has 0 amide bonds. The van der Waals surface area contributed by atoms with Gasteiger partial charge in [-0.3, -0.25) is 9.67 Å². The zero-order chi connectivity index (χ0) is 14.8. The lowest BCUT2D eigenvalue weighted by Crippen LogP contribution is -2.22. The SMILES string of the molecule is CCNC(c1ccc2ncccc2c1)c1cn(C)nc1C. The van der Waals surface area contributed by atoms with Gasteiger partial charge >= 0.3 is 0 Å². The van der Waals surface area contributed by atoms with Crippen LogP contribution in [-0.4, -0.2) is 21.3 Å². The van der Waals surface area contributed by atoms with Crippen LogP contribution in [0.1, 0.15) is 29.8 Å². The summed E-state index contributed by atoms with van der Waals surface area (Å²) in [5, 5.41) is 9.19. The molecule has 108 valence electrons. The summed E-state index contributed by atoms with van der Waals surface area (Å²) in [5.41, 5.74) is 4.56. The number of fused-ring (bicyclic) bond motifs is 1. The molecule has 0 saturated carbocycles. The first-order valence-corrected chi connectivity index (χ1v) is 7.27. The summed E-state index contributed by atoms with van der Waals surface area (Å²) < 4.78 is 1.87. The van der Waals surface area contributed by atoms with E-state index in [1.54, 1.807) is 0 Å². The van der Waals surface area contributed by atoms with Crippen LogP contribution in [0.2, 0.25) is 0 Å². The second kappa shape index (κ2) is 5.66. The average Bonchev–Trinajstić information content (AvgIpc) is 2.83. The van der Waals surface area contributed by atoms with Gasteiger partial charge in [-0.05, 0) is 37.2 Å². The summed E-state index contributed by atoms with van der Waals surface area (Å²) in [6.45, 7) is 5.09. The minimum atomic E-state index is 0.160. The van der Waals surface area contributed by atoms with Gasteiger partial charge in [0.25, 0.3) is 0 Å². The third kappa shape index (κ3) is 2.67. The number of aromatic nitrogens is 3. The van der Waals surface area contributed by atoms with Gasteiger partial charge in [-0.2, -0.15) is 5.10 Å². The number of pyridine rings is 1. The van der Waals surface area contributed by atoms with E-state index in [2.05, 4.69) is 59.7 Å². The monoisotopic (exact) mass is 280 g/mol. The fraction of sp³-hybridized carbons (Fsp3) is 0.294. The Morgan fingerprint density at radius 1 is 1.29 bits per heavy atom. The number of nitrogens with zero attached hydrogens (tertiary/aromatic N) is 3. The Bertz CT molecular complexity index is 760. The van der Waals surface area contributed by atoms with Crippen LogP contribution in [0.15, 0.2) is 42.7 Å². The summed E-state index contributed by atoms with van der Waals surface area (Å²) >= 11 is 0. The fourth-order valence-electron chi connectivity index (χ4n) is 2.79. The van der Waals surface area contributed by atoms with Gasteiger partial charge in [0.1, 0.15) is 0 Å². The van der Waals surface area contributed by atoms with Gasteiger partial charge in [0.05, 0.1) is 17.3 Å². The highest BCUT2D eigenvalue weighted by atomic mass is 15.3. The second-order valence-corrected chi connectivity index (χ2v) is 5.29. The quantitative estimate of drug-likeness (QED) is 0.799. The minimum absolute atomic E-state index is 0.160. The highest BCUT2D eigenvalue weighted by Crippen LogP contribution is 2.26. The van der Waals surface area contributed by atoms with Gasteiger partial charge < -0.3 is 5.32 Å². The first-order valence-electron chi connectivity index (χ1n) is 7.27. The maximum atomic E-state index is 4.47. The molecule has 3 rings (SSSR count). The first kappa shape index (κ1) is 13.8. The molecule has 1 aromatic carbocycles. The Labute approximate surface area is 124 Å². The molecule has 0 saturated heterocycles. The van der Waals surface area contributed by atoms with E-state index >= 15 is 0 Å². The number of rotatable bonds is 4. The summed E-state index contributed by atoms with van der Waals surface area (Å²) in [7, 11) is 1.96. The average molecular weight is 280 g/mol. The van der Waals surface area contributed by atoms with Crippen LogP contribution < -0.4 is 5.32 Å². The van der Waals surface area contributed by atoms with Crippen molar-refractivity contribution in [2.45, 2.75) is 19.9 Å². The maximum absolute atomic E-state index is 4.47. The molecule has 2 aromatic heterocycles. The largest absolute Gasteiger partial charge is 0.306 e. The smallest absolute Gasteiger partial charge is 0.0702 e. The van der Waals surface area contributed by atoms with Gasteiger partial charge in [0, 0.05) is 30.4 Å². The number of aryl methyl sites for hydroxylation is 2. The van der Waals surface area contributed by atoms with Gasteiger partial charge in [0.15, 0.2) is 0 Å². The molecule has 4 heteroatoms. The van der Waals surface area contributed by atoms with Crippen molar-refractivity contribution in [3.05, 3.63) is 59.5 Å². The van der Waals surface area contributed by atoms with Crippen LogP contribution >= 0.6 is 0 Å². The molecule has 0 bridgehead atoms. The van der Waals surface area contributed by atoms with Crippen molar-refractivity contribution in [3.63, 3.8) is 0 Å². The van der Waals surface area contributed by atoms with E-state index in [-0.39, 0.29) is 6.04 Å². The Morgan fingerprint density at radius 2 is 2.14 bits per heavy atom. The lowest BCUT2D eigenvalue weighted by molar-refractivity contribution is 0.628. The molecule has 1 N–H and O–H groups in total. The molecule has 1 unspecified atom stereocenters. The molecule has 0 fully saturated rings. The molecule has 0 aliphatic heterocycles. The van der Waals surface area contributed by atoms with Crippen LogP contribution in [0.5, 0.6) is 0 Å². The van der Waals surface area contributed by atoms with Crippen molar-refractivity contribution < 1.29 is 0 Å². The van der Waals surface area contributed by atoms with Crippen molar-refractivity contribution in [3.8, 4) is 0 Å². The standard InChI is InChI=1S/C17H20N4/c1-4-18-17(15-11-21(3)20-12(15)2)14-7-8-16-13(10-14)6-5-9-19-16/h5-11,17-18H,4H2,1-3H3. The number of benzene rings is 1. The van der Waals surface area contributed by atoms with Crippen LogP contribution in [0.3, 0.4) is 0 Å². The van der Waals surface area contributed by atoms with Crippen LogP contribution in [0.4, 0.5) is 0 Å². The molecule has 0 spiro atoms. The first-order chi connectivity index (χ1) is 10.2. The molecule has 0 radical (unpaired) electrons. The lowest BCUT2D eigenvalue weighted by Gasteiger charge is -2.18. The minimum Gasteiger partial charge on any atom is -0.306 e. The van der Waals surface area contributed by atoms with Gasteiger partial charge in [0.2, 0.25) is 0 Å². The second-order valence-electron chi connectivity index (χ2n) is 5.29. The van der Waals surface area contributed by atoms with Crippen LogP contribution in [0, 0.1) is 6.92 Å². The maximum Gasteiger partial charge on any atom is 0.0702 e. The van der Waals surface area contributed by atoms with Gasteiger partial charge in [-0.15, -0.1) is 0 Å². The van der Waals surface area contributed by atoms with Crippen molar-refractivity contribution >= 4 is 10.9 Å². The Morgan fingerprint density at radius 3 is 2.86 bits per heavy atom. The number of hydrogen-bond acceptors (Lipinski definition) is 3. The zero-order valence-corrected chi connectivity index (χ0v) is 12.7. The summed E-state index contributed by atoms with van der Waals surface area (Å²) in [6.07, 6.45) is 3.92. The van der Waals surface area contributed by atoms with E-state index in [9.17, 15) is 0 Å². The summed E-state index contributed by atoms with van der Waals surface area (Å²) in [4.78, 5) is 4.39. The van der Waals surface area contributed by atoms with E-state index in [4.69, 9.17) is 0 Å². The van der Waals surface area contributed by atoms with E-state index in [1.165, 1.54) is 16.5 Å². The zero-order valence-electron chi connectivity index (χ0n) is 12.7. The Hall–Kier alpha value is -2.20. The molecule has 2 heterocycles. The molecule has 0 aliphatic carbocycles. The Kier molecular flexibility index (Phi) is 3.71. The number of hydrogen-bond donors (Lipinski definition) is 1. The van der Waals surface area contributed by atoms with Crippen molar-refractivity contribution in [1.29, 1.82) is 0 Å². The van der Waals surface area contributed by atoms with Crippen molar-refractivity contribution in [2.24, 2.45) is 7.05 Å². The molecule has 1 atom stereocenters. The predicted octanol–water partition coefficient (Wildman–Crippen LogP) is 2.98. The highest BCUT2D eigenvalue weighted by Gasteiger charge is 2.18. The van der Waals surface area contributed by atoms with Crippen LogP contribution in [-0.2, 0) is 7.05 Å². The normalized spacial score (nSPS) is 12.7. The molecule has 0 aliphatic rings. The van der Waals surface area contributed by atoms with Crippen molar-refractivity contribution in [1.82, 2.24) is 20.1 Å².